The fraction of sp³-hybridized carbons (Fsp3) is 0.857. The van der Waals surface area contributed by atoms with Crippen molar-refractivity contribution >= 4 is 11.9 Å². The van der Waals surface area contributed by atoms with Gasteiger partial charge in [0.1, 0.15) is 0 Å². The van der Waals surface area contributed by atoms with Crippen molar-refractivity contribution in [2.45, 2.75) is 50.1 Å². The summed E-state index contributed by atoms with van der Waals surface area (Å²) in [5.74, 6) is -2.43. The molecule has 3 aliphatic rings. The summed E-state index contributed by atoms with van der Waals surface area (Å²) in [4.78, 5) is 23.3. The maximum absolute atomic E-state index is 12.1. The van der Waals surface area contributed by atoms with Crippen LogP contribution in [0.25, 0.3) is 0 Å². The Morgan fingerprint density at radius 2 is 1.87 bits per heavy atom. The molecule has 3 fully saturated rings. The van der Waals surface area contributed by atoms with Gasteiger partial charge in [0, 0.05) is 19.1 Å². The van der Waals surface area contributed by atoms with E-state index in [1.807, 2.05) is 0 Å². The number of carboxylic acids is 1. The fourth-order valence-corrected chi connectivity index (χ4v) is 2.99. The molecular formula is C14H21F3N2O4. The summed E-state index contributed by atoms with van der Waals surface area (Å²) in [7, 11) is 2.11. The first-order valence-corrected chi connectivity index (χ1v) is 7.61. The van der Waals surface area contributed by atoms with Crippen LogP contribution in [0.1, 0.15) is 25.7 Å². The van der Waals surface area contributed by atoms with Crippen molar-refractivity contribution in [2.75, 3.05) is 20.1 Å². The van der Waals surface area contributed by atoms with Gasteiger partial charge in [0.2, 0.25) is 5.91 Å². The smallest absolute Gasteiger partial charge is 0.475 e. The molecule has 0 aromatic heterocycles. The number of hydrogen-bond donors (Lipinski definition) is 2. The minimum Gasteiger partial charge on any atom is -0.475 e. The van der Waals surface area contributed by atoms with Crippen molar-refractivity contribution in [3.63, 3.8) is 0 Å². The largest absolute Gasteiger partial charge is 0.490 e. The van der Waals surface area contributed by atoms with E-state index in [-0.39, 0.29) is 24.0 Å². The van der Waals surface area contributed by atoms with Crippen LogP contribution in [0.5, 0.6) is 0 Å². The first-order chi connectivity index (χ1) is 10.7. The molecule has 3 atom stereocenters. The highest BCUT2D eigenvalue weighted by Gasteiger charge is 2.44. The Bertz CT molecular complexity index is 454. The van der Waals surface area contributed by atoms with Crippen molar-refractivity contribution in [1.82, 2.24) is 10.2 Å². The number of morpholine rings is 1. The van der Waals surface area contributed by atoms with E-state index in [0.717, 1.165) is 32.4 Å². The minimum absolute atomic E-state index is 0.0931. The Balaban J connectivity index is 0.000000236. The molecule has 3 rings (SSSR count). The van der Waals surface area contributed by atoms with E-state index in [2.05, 4.69) is 17.3 Å². The monoisotopic (exact) mass is 338 g/mol. The molecular weight excluding hydrogens is 317 g/mol. The van der Waals surface area contributed by atoms with Gasteiger partial charge in [-0.1, -0.05) is 0 Å². The normalized spacial score (nSPS) is 30.9. The van der Waals surface area contributed by atoms with Gasteiger partial charge in [-0.05, 0) is 32.7 Å². The van der Waals surface area contributed by atoms with Gasteiger partial charge in [0.25, 0.3) is 0 Å². The lowest BCUT2D eigenvalue weighted by Gasteiger charge is -2.31. The second-order valence-corrected chi connectivity index (χ2v) is 6.30. The molecule has 0 unspecified atom stereocenters. The van der Waals surface area contributed by atoms with Gasteiger partial charge in [-0.3, -0.25) is 4.79 Å². The molecule has 2 bridgehead atoms. The molecule has 2 saturated heterocycles. The predicted molar refractivity (Wildman–Crippen MR) is 73.7 cm³/mol. The average Bonchev–Trinajstić information content (AvgIpc) is 2.68. The molecule has 6 nitrogen and oxygen atoms in total. The van der Waals surface area contributed by atoms with E-state index in [1.54, 1.807) is 0 Å². The Kier molecular flexibility index (Phi) is 5.51. The Morgan fingerprint density at radius 1 is 1.26 bits per heavy atom. The number of nitrogens with zero attached hydrogens (tertiary/aromatic N) is 1. The standard InChI is InChI=1S/C12H20N2O2.C2HF3O2/c1-14-6-9-5-10(11(7-14)16-9)12(15)13-8-3-2-4-8;3-2(4,5)1(6)7/h8-11H,2-7H2,1H3,(H,13,15);(H,6,7)/t9-,10+,11-;/m1./s1. The van der Waals surface area contributed by atoms with Crippen molar-refractivity contribution in [2.24, 2.45) is 5.92 Å². The van der Waals surface area contributed by atoms with Gasteiger partial charge in [0.15, 0.2) is 0 Å². The number of alkyl halides is 3. The number of likely N-dealkylation sites (N-methyl/N-ethyl adjacent to an activating group) is 1. The third kappa shape index (κ3) is 4.81. The summed E-state index contributed by atoms with van der Waals surface area (Å²) in [5, 5.41) is 10.3. The van der Waals surface area contributed by atoms with Gasteiger partial charge in [-0.2, -0.15) is 13.2 Å². The highest BCUT2D eigenvalue weighted by atomic mass is 19.4. The zero-order valence-corrected chi connectivity index (χ0v) is 12.8. The molecule has 2 aliphatic heterocycles. The lowest BCUT2D eigenvalue weighted by atomic mass is 9.91. The lowest BCUT2D eigenvalue weighted by Crippen LogP contribution is -2.47. The highest BCUT2D eigenvalue weighted by molar-refractivity contribution is 5.80. The van der Waals surface area contributed by atoms with Crippen molar-refractivity contribution in [3.05, 3.63) is 0 Å². The van der Waals surface area contributed by atoms with Crippen LogP contribution in [0.3, 0.4) is 0 Å². The van der Waals surface area contributed by atoms with Crippen LogP contribution in [0, 0.1) is 5.92 Å². The van der Waals surface area contributed by atoms with E-state index in [9.17, 15) is 18.0 Å². The number of nitrogens with one attached hydrogen (secondary N) is 1. The molecule has 2 heterocycles. The van der Waals surface area contributed by atoms with E-state index >= 15 is 0 Å². The molecule has 9 heteroatoms. The molecule has 0 aromatic carbocycles. The quantitative estimate of drug-likeness (QED) is 0.786. The van der Waals surface area contributed by atoms with Gasteiger partial charge in [-0.25, -0.2) is 4.79 Å². The number of amides is 1. The number of likely N-dealkylation sites (tertiary alicyclic amines) is 1. The second-order valence-electron chi connectivity index (χ2n) is 6.30. The van der Waals surface area contributed by atoms with Crippen molar-refractivity contribution in [3.8, 4) is 0 Å². The van der Waals surface area contributed by atoms with Crippen LogP contribution in [-0.2, 0) is 14.3 Å². The van der Waals surface area contributed by atoms with E-state index in [1.165, 1.54) is 6.42 Å². The Hall–Kier alpha value is -1.35. The Morgan fingerprint density at radius 3 is 2.35 bits per heavy atom. The summed E-state index contributed by atoms with van der Waals surface area (Å²) in [5.41, 5.74) is 0. The minimum atomic E-state index is -5.08. The third-order valence-corrected chi connectivity index (χ3v) is 4.37. The number of carbonyl (C=O) groups is 2. The summed E-state index contributed by atoms with van der Waals surface area (Å²) < 4.78 is 37.6. The number of rotatable bonds is 2. The zero-order chi connectivity index (χ0) is 17.2. The number of halogens is 3. The van der Waals surface area contributed by atoms with Gasteiger partial charge >= 0.3 is 12.1 Å². The van der Waals surface area contributed by atoms with E-state index in [0.29, 0.717) is 6.04 Å². The summed E-state index contributed by atoms with van der Waals surface area (Å²) >= 11 is 0. The van der Waals surface area contributed by atoms with Gasteiger partial charge in [-0.15, -0.1) is 0 Å². The van der Waals surface area contributed by atoms with Crippen LogP contribution < -0.4 is 5.32 Å². The molecule has 0 radical (unpaired) electrons. The van der Waals surface area contributed by atoms with Crippen LogP contribution in [-0.4, -0.2) is 66.4 Å². The summed E-state index contributed by atoms with van der Waals surface area (Å²) in [6.45, 7) is 1.88. The van der Waals surface area contributed by atoms with E-state index in [4.69, 9.17) is 14.6 Å². The second kappa shape index (κ2) is 7.04. The van der Waals surface area contributed by atoms with E-state index < -0.39 is 12.1 Å². The Labute approximate surface area is 132 Å². The third-order valence-electron chi connectivity index (χ3n) is 4.37. The average molecular weight is 338 g/mol. The molecule has 1 saturated carbocycles. The number of hydrogen-bond acceptors (Lipinski definition) is 4. The first-order valence-electron chi connectivity index (χ1n) is 7.61. The van der Waals surface area contributed by atoms with Gasteiger partial charge < -0.3 is 20.1 Å². The molecule has 23 heavy (non-hydrogen) atoms. The number of carboxylic acid groups (broad SMARTS) is 1. The van der Waals surface area contributed by atoms with Crippen molar-refractivity contribution < 1.29 is 32.6 Å². The zero-order valence-electron chi connectivity index (χ0n) is 12.8. The van der Waals surface area contributed by atoms with Crippen molar-refractivity contribution in [1.29, 1.82) is 0 Å². The first kappa shape index (κ1) is 18.0. The number of aliphatic carboxylic acids is 1. The molecule has 1 amide bonds. The van der Waals surface area contributed by atoms with Crippen LogP contribution in [0.15, 0.2) is 0 Å². The molecule has 2 N–H and O–H groups in total. The molecule has 132 valence electrons. The van der Waals surface area contributed by atoms with Gasteiger partial charge in [0.05, 0.1) is 18.1 Å². The molecule has 1 aliphatic carbocycles. The summed E-state index contributed by atoms with van der Waals surface area (Å²) in [6.07, 6.45) is -0.181. The highest BCUT2D eigenvalue weighted by Crippen LogP contribution is 2.32. The number of ether oxygens (including phenoxy) is 1. The topological polar surface area (TPSA) is 78.9 Å². The maximum Gasteiger partial charge on any atom is 0.490 e. The van der Waals surface area contributed by atoms with Crippen LogP contribution in [0.2, 0.25) is 0 Å². The lowest BCUT2D eigenvalue weighted by molar-refractivity contribution is -0.192. The number of carbonyl (C=O) groups excluding carboxylic acids is 1. The maximum atomic E-state index is 12.1. The van der Waals surface area contributed by atoms with Crippen LogP contribution in [0.4, 0.5) is 13.2 Å². The summed E-state index contributed by atoms with van der Waals surface area (Å²) in [6, 6.07) is 0.450. The molecule has 0 aromatic rings. The number of fused-ring (bicyclic) bond motifs is 2. The predicted octanol–water partition coefficient (Wildman–Crippen LogP) is 1.01. The molecule has 0 spiro atoms. The SMILES string of the molecule is CN1C[C@H]2C[C@H](C(=O)NC3CCC3)[C@@H](C1)O2.O=C(O)C(F)(F)F. The van der Waals surface area contributed by atoms with Crippen LogP contribution >= 0.6 is 0 Å². The fourth-order valence-electron chi connectivity index (χ4n) is 2.99.